The lowest BCUT2D eigenvalue weighted by Gasteiger charge is -2.28. The molecule has 0 amide bonds. The lowest BCUT2D eigenvalue weighted by atomic mass is 10.0. The number of carbonyl (C=O) groups is 1. The Hall–Kier alpha value is -2.23. The summed E-state index contributed by atoms with van der Waals surface area (Å²) in [7, 11) is -7.14. The van der Waals surface area contributed by atoms with Crippen molar-refractivity contribution in [1.29, 1.82) is 0 Å². The highest BCUT2D eigenvalue weighted by Crippen LogP contribution is 2.26. The van der Waals surface area contributed by atoms with E-state index in [4.69, 9.17) is 0 Å². The van der Waals surface area contributed by atoms with Gasteiger partial charge >= 0.3 is 0 Å². The SMILES string of the molecule is CCCS(=O)(=O)N1CCc2ccc(NS(=O)(=O)c3ccc(C(C)=O)cc3)cc2C1. The van der Waals surface area contributed by atoms with E-state index in [2.05, 4.69) is 4.72 Å². The van der Waals surface area contributed by atoms with Gasteiger partial charge in [0.2, 0.25) is 10.0 Å². The molecule has 2 aromatic carbocycles. The van der Waals surface area contributed by atoms with Crippen molar-refractivity contribution >= 4 is 31.5 Å². The molecule has 0 spiro atoms. The number of rotatable bonds is 7. The number of nitrogens with zero attached hydrogens (tertiary/aromatic N) is 1. The van der Waals surface area contributed by atoms with E-state index >= 15 is 0 Å². The molecule has 7 nitrogen and oxygen atoms in total. The molecule has 1 heterocycles. The van der Waals surface area contributed by atoms with Crippen molar-refractivity contribution in [2.24, 2.45) is 0 Å². The fourth-order valence-corrected chi connectivity index (χ4v) is 5.83. The van der Waals surface area contributed by atoms with Crippen molar-refractivity contribution in [2.45, 2.75) is 38.1 Å². The summed E-state index contributed by atoms with van der Waals surface area (Å²) in [6.07, 6.45) is 1.14. The lowest BCUT2D eigenvalue weighted by Crippen LogP contribution is -2.37. The maximum Gasteiger partial charge on any atom is 0.261 e. The Kier molecular flexibility index (Phi) is 6.11. The number of ketones is 1. The predicted molar refractivity (Wildman–Crippen MR) is 112 cm³/mol. The monoisotopic (exact) mass is 436 g/mol. The summed E-state index contributed by atoms with van der Waals surface area (Å²) in [5, 5.41) is 0. The second-order valence-electron chi connectivity index (χ2n) is 7.07. The van der Waals surface area contributed by atoms with E-state index < -0.39 is 20.0 Å². The maximum atomic E-state index is 12.7. The van der Waals surface area contributed by atoms with Crippen LogP contribution in [0.4, 0.5) is 5.69 Å². The van der Waals surface area contributed by atoms with E-state index in [-0.39, 0.29) is 23.0 Å². The largest absolute Gasteiger partial charge is 0.295 e. The number of benzene rings is 2. The topological polar surface area (TPSA) is 101 Å². The highest BCUT2D eigenvalue weighted by atomic mass is 32.2. The molecule has 9 heteroatoms. The predicted octanol–water partition coefficient (Wildman–Crippen LogP) is 2.79. The van der Waals surface area contributed by atoms with Gasteiger partial charge in [0.25, 0.3) is 10.0 Å². The van der Waals surface area contributed by atoms with Crippen LogP contribution >= 0.6 is 0 Å². The van der Waals surface area contributed by atoms with E-state index in [1.54, 1.807) is 12.1 Å². The standard InChI is InChI=1S/C20H24N2O5S2/c1-3-12-28(24,25)22-11-10-17-4-7-19(13-18(17)14-22)21-29(26,27)20-8-5-16(6-9-20)15(2)23/h4-9,13,21H,3,10-12,14H2,1-2H3. The van der Waals surface area contributed by atoms with Gasteiger partial charge < -0.3 is 0 Å². The normalized spacial score (nSPS) is 15.0. The number of carbonyl (C=O) groups excluding carboxylic acids is 1. The third-order valence-electron chi connectivity index (χ3n) is 4.86. The Labute approximate surface area is 171 Å². The lowest BCUT2D eigenvalue weighted by molar-refractivity contribution is 0.101. The van der Waals surface area contributed by atoms with Crippen LogP contribution in [0, 0.1) is 0 Å². The van der Waals surface area contributed by atoms with Crippen LogP contribution < -0.4 is 4.72 Å². The van der Waals surface area contributed by atoms with Crippen LogP contribution in [0.1, 0.15) is 41.8 Å². The number of hydrogen-bond donors (Lipinski definition) is 1. The first-order valence-electron chi connectivity index (χ1n) is 9.36. The first kappa shape index (κ1) is 21.5. The Bertz CT molecular complexity index is 1120. The second kappa shape index (κ2) is 8.25. The zero-order valence-electron chi connectivity index (χ0n) is 16.4. The molecule has 0 saturated heterocycles. The summed E-state index contributed by atoms with van der Waals surface area (Å²) in [5.41, 5.74) is 2.62. The summed E-state index contributed by atoms with van der Waals surface area (Å²) in [4.78, 5) is 11.4. The van der Waals surface area contributed by atoms with E-state index in [1.807, 2.05) is 13.0 Å². The minimum absolute atomic E-state index is 0.0485. The molecule has 0 atom stereocenters. The van der Waals surface area contributed by atoms with E-state index in [9.17, 15) is 21.6 Å². The Morgan fingerprint density at radius 3 is 2.34 bits per heavy atom. The van der Waals surface area contributed by atoms with Crippen molar-refractivity contribution in [1.82, 2.24) is 4.31 Å². The number of hydrogen-bond acceptors (Lipinski definition) is 5. The van der Waals surface area contributed by atoms with Crippen molar-refractivity contribution in [3.05, 3.63) is 59.2 Å². The van der Waals surface area contributed by atoms with Crippen LogP contribution in [-0.2, 0) is 33.0 Å². The summed E-state index contributed by atoms with van der Waals surface area (Å²) in [6.45, 7) is 3.91. The van der Waals surface area contributed by atoms with Crippen molar-refractivity contribution < 1.29 is 21.6 Å². The number of fused-ring (bicyclic) bond motifs is 1. The van der Waals surface area contributed by atoms with Crippen molar-refractivity contribution in [3.63, 3.8) is 0 Å². The van der Waals surface area contributed by atoms with Gasteiger partial charge in [-0.05, 0) is 55.2 Å². The highest BCUT2D eigenvalue weighted by Gasteiger charge is 2.26. The summed E-state index contributed by atoms with van der Waals surface area (Å²) >= 11 is 0. The first-order valence-corrected chi connectivity index (χ1v) is 12.4. The van der Waals surface area contributed by atoms with Crippen molar-refractivity contribution in [3.8, 4) is 0 Å². The van der Waals surface area contributed by atoms with Crippen LogP contribution in [0.25, 0.3) is 0 Å². The van der Waals surface area contributed by atoms with Crippen molar-refractivity contribution in [2.75, 3.05) is 17.0 Å². The minimum atomic E-state index is -3.83. The minimum Gasteiger partial charge on any atom is -0.295 e. The van der Waals surface area contributed by atoms with Gasteiger partial charge in [0.05, 0.1) is 10.6 Å². The Balaban J connectivity index is 1.82. The molecule has 1 aliphatic heterocycles. The van der Waals surface area contributed by atoms with Gasteiger partial charge in [0, 0.05) is 24.3 Å². The third kappa shape index (κ3) is 4.85. The molecular formula is C20H24N2O5S2. The van der Waals surface area contributed by atoms with Gasteiger partial charge in [-0.25, -0.2) is 16.8 Å². The van der Waals surface area contributed by atoms with Crippen LogP contribution in [0.15, 0.2) is 47.4 Å². The highest BCUT2D eigenvalue weighted by molar-refractivity contribution is 7.92. The average Bonchev–Trinajstić information content (AvgIpc) is 2.67. The molecular weight excluding hydrogens is 412 g/mol. The smallest absolute Gasteiger partial charge is 0.261 e. The molecule has 0 unspecified atom stereocenters. The van der Waals surface area contributed by atoms with Gasteiger partial charge in [0.15, 0.2) is 5.78 Å². The second-order valence-corrected chi connectivity index (χ2v) is 10.8. The van der Waals surface area contributed by atoms with Crippen LogP contribution in [0.5, 0.6) is 0 Å². The Morgan fingerprint density at radius 1 is 1.03 bits per heavy atom. The van der Waals surface area contributed by atoms with E-state index in [1.165, 1.54) is 35.5 Å². The number of nitrogens with one attached hydrogen (secondary N) is 1. The molecule has 29 heavy (non-hydrogen) atoms. The zero-order valence-corrected chi connectivity index (χ0v) is 18.0. The number of anilines is 1. The third-order valence-corrected chi connectivity index (χ3v) is 8.28. The zero-order chi connectivity index (χ0) is 21.2. The fraction of sp³-hybridized carbons (Fsp3) is 0.350. The first-order chi connectivity index (χ1) is 13.6. The molecule has 156 valence electrons. The van der Waals surface area contributed by atoms with Gasteiger partial charge in [-0.3, -0.25) is 9.52 Å². The molecule has 0 saturated carbocycles. The molecule has 0 radical (unpaired) electrons. The summed E-state index contributed by atoms with van der Waals surface area (Å²) in [5.74, 6) is -0.0376. The number of Topliss-reactive ketones (excluding diaryl/α,β-unsaturated/α-hetero) is 1. The fourth-order valence-electron chi connectivity index (χ4n) is 3.30. The average molecular weight is 437 g/mol. The van der Waals surface area contributed by atoms with Gasteiger partial charge in [-0.2, -0.15) is 4.31 Å². The molecule has 0 bridgehead atoms. The molecule has 2 aromatic rings. The molecule has 1 aliphatic rings. The van der Waals surface area contributed by atoms with Gasteiger partial charge in [-0.1, -0.05) is 25.1 Å². The van der Waals surface area contributed by atoms with Crippen LogP contribution in [0.2, 0.25) is 0 Å². The van der Waals surface area contributed by atoms with E-state index in [0.717, 1.165) is 11.1 Å². The van der Waals surface area contributed by atoms with Crippen LogP contribution in [0.3, 0.4) is 0 Å². The molecule has 3 rings (SSSR count). The Morgan fingerprint density at radius 2 is 1.72 bits per heavy atom. The summed E-state index contributed by atoms with van der Waals surface area (Å²) in [6, 6.07) is 10.9. The van der Waals surface area contributed by atoms with E-state index in [0.29, 0.717) is 30.6 Å². The molecule has 0 fully saturated rings. The maximum absolute atomic E-state index is 12.7. The quantitative estimate of drug-likeness (QED) is 0.673. The molecule has 0 aliphatic carbocycles. The summed E-state index contributed by atoms with van der Waals surface area (Å²) < 4.78 is 54.0. The molecule has 1 N–H and O–H groups in total. The van der Waals surface area contributed by atoms with Gasteiger partial charge in [0.1, 0.15) is 0 Å². The van der Waals surface area contributed by atoms with Gasteiger partial charge in [-0.15, -0.1) is 0 Å². The van der Waals surface area contributed by atoms with Crippen LogP contribution in [-0.4, -0.2) is 39.2 Å². The molecule has 0 aromatic heterocycles. The number of sulfonamides is 2.